The fraction of sp³-hybridized carbons (Fsp3) is 0.0833. The maximum absolute atomic E-state index is 12.9. The fourth-order valence-electron chi connectivity index (χ4n) is 1.65. The van der Waals surface area contributed by atoms with E-state index in [2.05, 4.69) is 4.98 Å². The topological polar surface area (TPSA) is 52.5 Å². The highest BCUT2D eigenvalue weighted by atomic mass is 32.1. The fourth-order valence-corrected chi connectivity index (χ4v) is 2.37. The molecule has 0 atom stereocenters. The Morgan fingerprint density at radius 3 is 3.11 bits per heavy atom. The van der Waals surface area contributed by atoms with Crippen LogP contribution in [0.3, 0.4) is 0 Å². The third-order valence-electron chi connectivity index (χ3n) is 2.49. The second-order valence-electron chi connectivity index (χ2n) is 3.80. The zero-order valence-electron chi connectivity index (χ0n) is 9.34. The number of anilines is 1. The number of aromatic nitrogens is 2. The SMILES string of the molecule is Nc1cc(F)ccc1OCc1cn2ccsc2n1. The normalized spacial score (nSPS) is 10.9. The Balaban J connectivity index is 1.76. The molecule has 92 valence electrons. The molecular formula is C12H10FN3OS. The molecule has 0 aliphatic heterocycles. The van der Waals surface area contributed by atoms with Gasteiger partial charge in [-0.25, -0.2) is 9.37 Å². The van der Waals surface area contributed by atoms with Gasteiger partial charge in [-0.1, -0.05) is 0 Å². The Morgan fingerprint density at radius 1 is 1.44 bits per heavy atom. The van der Waals surface area contributed by atoms with Gasteiger partial charge < -0.3 is 10.5 Å². The van der Waals surface area contributed by atoms with E-state index in [1.165, 1.54) is 18.2 Å². The van der Waals surface area contributed by atoms with E-state index in [0.29, 0.717) is 12.4 Å². The van der Waals surface area contributed by atoms with Crippen LogP contribution in [-0.4, -0.2) is 9.38 Å². The summed E-state index contributed by atoms with van der Waals surface area (Å²) in [5.74, 6) is 0.0927. The smallest absolute Gasteiger partial charge is 0.193 e. The molecule has 0 unspecified atom stereocenters. The molecule has 0 amide bonds. The predicted octanol–water partition coefficient (Wildman–Crippen LogP) is 2.70. The summed E-state index contributed by atoms with van der Waals surface area (Å²) in [7, 11) is 0. The first-order valence-corrected chi connectivity index (χ1v) is 6.19. The van der Waals surface area contributed by atoms with Gasteiger partial charge in [0.15, 0.2) is 4.96 Å². The van der Waals surface area contributed by atoms with Crippen molar-refractivity contribution in [1.29, 1.82) is 0 Å². The van der Waals surface area contributed by atoms with E-state index >= 15 is 0 Å². The summed E-state index contributed by atoms with van der Waals surface area (Å²) in [6.07, 6.45) is 3.83. The number of rotatable bonds is 3. The molecule has 3 aromatic rings. The van der Waals surface area contributed by atoms with E-state index in [1.807, 2.05) is 22.2 Å². The van der Waals surface area contributed by atoms with E-state index in [-0.39, 0.29) is 11.5 Å². The third kappa shape index (κ3) is 2.02. The predicted molar refractivity (Wildman–Crippen MR) is 68.2 cm³/mol. The van der Waals surface area contributed by atoms with Gasteiger partial charge >= 0.3 is 0 Å². The van der Waals surface area contributed by atoms with Gasteiger partial charge in [0.05, 0.1) is 11.4 Å². The lowest BCUT2D eigenvalue weighted by molar-refractivity contribution is 0.303. The number of thiazole rings is 1. The van der Waals surface area contributed by atoms with Gasteiger partial charge in [-0.15, -0.1) is 11.3 Å². The molecule has 6 heteroatoms. The summed E-state index contributed by atoms with van der Waals surface area (Å²) in [6, 6.07) is 4.07. The van der Waals surface area contributed by atoms with Crippen LogP contribution in [0.15, 0.2) is 36.0 Å². The molecule has 0 fully saturated rings. The first kappa shape index (κ1) is 11.0. The van der Waals surface area contributed by atoms with Crippen molar-refractivity contribution < 1.29 is 9.13 Å². The molecule has 0 aliphatic rings. The lowest BCUT2D eigenvalue weighted by atomic mass is 10.3. The minimum atomic E-state index is -0.373. The van der Waals surface area contributed by atoms with E-state index < -0.39 is 0 Å². The number of hydrogen-bond donors (Lipinski definition) is 1. The molecule has 4 nitrogen and oxygen atoms in total. The average Bonchev–Trinajstić information content (AvgIpc) is 2.88. The van der Waals surface area contributed by atoms with E-state index in [1.54, 1.807) is 11.3 Å². The summed E-state index contributed by atoms with van der Waals surface area (Å²) in [5, 5.41) is 1.96. The van der Waals surface area contributed by atoms with E-state index in [4.69, 9.17) is 10.5 Å². The van der Waals surface area contributed by atoms with Gasteiger partial charge in [0, 0.05) is 23.8 Å². The molecule has 2 heterocycles. The van der Waals surface area contributed by atoms with E-state index in [0.717, 1.165) is 10.7 Å². The summed E-state index contributed by atoms with van der Waals surface area (Å²) in [5.41, 5.74) is 6.75. The molecule has 0 radical (unpaired) electrons. The number of hydrogen-bond acceptors (Lipinski definition) is 4. The zero-order chi connectivity index (χ0) is 12.5. The highest BCUT2D eigenvalue weighted by molar-refractivity contribution is 7.15. The molecule has 1 aromatic carbocycles. The molecule has 0 bridgehead atoms. The number of nitrogens with two attached hydrogens (primary N) is 1. The maximum atomic E-state index is 12.9. The second kappa shape index (κ2) is 4.30. The highest BCUT2D eigenvalue weighted by Crippen LogP contribution is 2.23. The van der Waals surface area contributed by atoms with Crippen molar-refractivity contribution in [2.45, 2.75) is 6.61 Å². The third-order valence-corrected chi connectivity index (χ3v) is 3.26. The average molecular weight is 263 g/mol. The standard InChI is InChI=1S/C12H10FN3OS/c13-8-1-2-11(10(14)5-8)17-7-9-6-16-3-4-18-12(16)15-9/h1-6H,7,14H2. The Kier molecular flexibility index (Phi) is 2.64. The van der Waals surface area contributed by atoms with Crippen LogP contribution in [0.4, 0.5) is 10.1 Å². The van der Waals surface area contributed by atoms with Crippen LogP contribution in [-0.2, 0) is 6.61 Å². The van der Waals surface area contributed by atoms with Gasteiger partial charge in [-0.05, 0) is 12.1 Å². The largest absolute Gasteiger partial charge is 0.485 e. The summed E-state index contributed by atoms with van der Waals surface area (Å²) >= 11 is 1.56. The van der Waals surface area contributed by atoms with Gasteiger partial charge in [0.2, 0.25) is 0 Å². The Bertz CT molecular complexity index is 663. The van der Waals surface area contributed by atoms with Gasteiger partial charge in [-0.2, -0.15) is 0 Å². The lowest BCUT2D eigenvalue weighted by Crippen LogP contribution is -1.99. The van der Waals surface area contributed by atoms with Crippen molar-refractivity contribution in [3.8, 4) is 5.75 Å². The molecule has 0 spiro atoms. The van der Waals surface area contributed by atoms with Crippen LogP contribution in [0, 0.1) is 5.82 Å². The summed E-state index contributed by atoms with van der Waals surface area (Å²) in [6.45, 7) is 0.310. The lowest BCUT2D eigenvalue weighted by Gasteiger charge is -2.06. The van der Waals surface area contributed by atoms with Crippen molar-refractivity contribution in [1.82, 2.24) is 9.38 Å². The van der Waals surface area contributed by atoms with Crippen LogP contribution < -0.4 is 10.5 Å². The zero-order valence-corrected chi connectivity index (χ0v) is 10.2. The van der Waals surface area contributed by atoms with Crippen molar-refractivity contribution in [2.75, 3.05) is 5.73 Å². The molecule has 0 aliphatic carbocycles. The molecule has 2 N–H and O–H groups in total. The molecule has 0 saturated heterocycles. The number of imidazole rings is 1. The molecule has 18 heavy (non-hydrogen) atoms. The number of fused-ring (bicyclic) bond motifs is 1. The number of nitrogen functional groups attached to an aromatic ring is 1. The monoisotopic (exact) mass is 263 g/mol. The van der Waals surface area contributed by atoms with Gasteiger partial charge in [0.1, 0.15) is 18.2 Å². The molecule has 2 aromatic heterocycles. The number of halogens is 1. The molecular weight excluding hydrogens is 253 g/mol. The van der Waals surface area contributed by atoms with Crippen LogP contribution in [0.1, 0.15) is 5.69 Å². The van der Waals surface area contributed by atoms with Crippen molar-refractivity contribution >= 4 is 22.0 Å². The number of nitrogens with zero attached hydrogens (tertiary/aromatic N) is 2. The Hall–Kier alpha value is -2.08. The highest BCUT2D eigenvalue weighted by Gasteiger charge is 2.05. The van der Waals surface area contributed by atoms with Crippen molar-refractivity contribution in [3.05, 3.63) is 47.5 Å². The van der Waals surface area contributed by atoms with Crippen LogP contribution in [0.5, 0.6) is 5.75 Å². The van der Waals surface area contributed by atoms with Gasteiger partial charge in [-0.3, -0.25) is 4.40 Å². The minimum Gasteiger partial charge on any atom is -0.485 e. The maximum Gasteiger partial charge on any atom is 0.193 e. The second-order valence-corrected chi connectivity index (χ2v) is 4.67. The van der Waals surface area contributed by atoms with Gasteiger partial charge in [0.25, 0.3) is 0 Å². The summed E-state index contributed by atoms with van der Waals surface area (Å²) in [4.78, 5) is 5.29. The van der Waals surface area contributed by atoms with Crippen molar-refractivity contribution in [2.24, 2.45) is 0 Å². The molecule has 3 rings (SSSR count). The van der Waals surface area contributed by atoms with Crippen LogP contribution in [0.25, 0.3) is 4.96 Å². The Labute approximate surface area is 106 Å². The summed E-state index contributed by atoms with van der Waals surface area (Å²) < 4.78 is 20.3. The van der Waals surface area contributed by atoms with Crippen LogP contribution in [0.2, 0.25) is 0 Å². The van der Waals surface area contributed by atoms with Crippen molar-refractivity contribution in [3.63, 3.8) is 0 Å². The van der Waals surface area contributed by atoms with Crippen LogP contribution >= 0.6 is 11.3 Å². The first-order valence-electron chi connectivity index (χ1n) is 5.31. The van der Waals surface area contributed by atoms with E-state index in [9.17, 15) is 4.39 Å². The first-order chi connectivity index (χ1) is 8.72. The minimum absolute atomic E-state index is 0.288. The number of ether oxygens (including phenoxy) is 1. The Morgan fingerprint density at radius 2 is 2.33 bits per heavy atom. The molecule has 0 saturated carbocycles. The number of benzene rings is 1. The quantitative estimate of drug-likeness (QED) is 0.739.